The maximum absolute atomic E-state index is 12.6. The summed E-state index contributed by atoms with van der Waals surface area (Å²) in [5, 5.41) is 0. The molecule has 2 amide bonds. The monoisotopic (exact) mass is 347 g/mol. The summed E-state index contributed by atoms with van der Waals surface area (Å²) < 4.78 is 0. The molecule has 0 radical (unpaired) electrons. The van der Waals surface area contributed by atoms with Crippen LogP contribution in [0.1, 0.15) is 64.7 Å². The van der Waals surface area contributed by atoms with Gasteiger partial charge in [0.25, 0.3) is 0 Å². The van der Waals surface area contributed by atoms with E-state index >= 15 is 0 Å². The van der Waals surface area contributed by atoms with E-state index in [9.17, 15) is 9.59 Å². The van der Waals surface area contributed by atoms with Gasteiger partial charge in [0.2, 0.25) is 11.8 Å². The highest BCUT2D eigenvalue weighted by Gasteiger charge is 2.44. The van der Waals surface area contributed by atoms with E-state index in [1.165, 1.54) is 25.7 Å². The van der Waals surface area contributed by atoms with Crippen molar-refractivity contribution in [3.05, 3.63) is 0 Å². The molecule has 1 saturated carbocycles. The zero-order valence-electron chi connectivity index (χ0n) is 15.7. The van der Waals surface area contributed by atoms with Crippen molar-refractivity contribution in [2.75, 3.05) is 26.2 Å². The van der Waals surface area contributed by atoms with Crippen molar-refractivity contribution >= 4 is 11.8 Å². The first-order valence-corrected chi connectivity index (χ1v) is 10.4. The summed E-state index contributed by atoms with van der Waals surface area (Å²) in [4.78, 5) is 31.0. The van der Waals surface area contributed by atoms with Gasteiger partial charge in [-0.1, -0.05) is 12.8 Å². The average molecular weight is 348 g/mol. The van der Waals surface area contributed by atoms with Gasteiger partial charge in [0.05, 0.1) is 0 Å². The number of hydrogen-bond acceptors (Lipinski definition) is 3. The van der Waals surface area contributed by atoms with Gasteiger partial charge in [-0.15, -0.1) is 0 Å². The lowest BCUT2D eigenvalue weighted by Crippen LogP contribution is -2.53. The molecule has 140 valence electrons. The number of piperidine rings is 2. The number of hydrogen-bond donors (Lipinski definition) is 0. The van der Waals surface area contributed by atoms with Gasteiger partial charge in [-0.25, -0.2) is 0 Å². The van der Waals surface area contributed by atoms with Crippen LogP contribution in [0, 0.1) is 5.92 Å². The van der Waals surface area contributed by atoms with Crippen LogP contribution in [0.15, 0.2) is 0 Å². The van der Waals surface area contributed by atoms with Gasteiger partial charge in [0.1, 0.15) is 0 Å². The van der Waals surface area contributed by atoms with Crippen LogP contribution in [0.2, 0.25) is 0 Å². The van der Waals surface area contributed by atoms with Crippen molar-refractivity contribution in [1.82, 2.24) is 14.7 Å². The van der Waals surface area contributed by atoms with Gasteiger partial charge in [0.15, 0.2) is 0 Å². The molecule has 0 spiro atoms. The topological polar surface area (TPSA) is 43.9 Å². The SMILES string of the molecule is CC(=O)N1CCC(N2CCC(N3C(=O)C[C@H]4CCCC[C@@H]43)CC2)CC1. The summed E-state index contributed by atoms with van der Waals surface area (Å²) in [6.07, 6.45) is 10.4. The Morgan fingerprint density at radius 2 is 1.52 bits per heavy atom. The molecule has 3 aliphatic heterocycles. The third-order valence-electron chi connectivity index (χ3n) is 7.27. The van der Waals surface area contributed by atoms with Gasteiger partial charge in [-0.05, 0) is 44.4 Å². The third kappa shape index (κ3) is 3.44. The lowest BCUT2D eigenvalue weighted by atomic mass is 9.84. The minimum atomic E-state index is 0.215. The summed E-state index contributed by atoms with van der Waals surface area (Å²) in [6.45, 7) is 5.74. The predicted octanol–water partition coefficient (Wildman–Crippen LogP) is 2.25. The number of carbonyl (C=O) groups excluding carboxylic acids is 2. The second-order valence-electron chi connectivity index (χ2n) is 8.62. The lowest BCUT2D eigenvalue weighted by molar-refractivity contribution is -0.132. The highest BCUT2D eigenvalue weighted by atomic mass is 16.2. The number of nitrogens with zero attached hydrogens (tertiary/aromatic N) is 3. The van der Waals surface area contributed by atoms with Gasteiger partial charge in [-0.2, -0.15) is 0 Å². The summed E-state index contributed by atoms with van der Waals surface area (Å²) in [6, 6.07) is 1.67. The van der Waals surface area contributed by atoms with Crippen LogP contribution in [0.4, 0.5) is 0 Å². The summed E-state index contributed by atoms with van der Waals surface area (Å²) in [5.74, 6) is 1.30. The molecule has 5 nitrogen and oxygen atoms in total. The number of likely N-dealkylation sites (tertiary alicyclic amines) is 3. The molecule has 0 bridgehead atoms. The Hall–Kier alpha value is -1.10. The molecule has 0 aromatic rings. The van der Waals surface area contributed by atoms with Crippen LogP contribution in [0.5, 0.6) is 0 Å². The Morgan fingerprint density at radius 1 is 0.880 bits per heavy atom. The predicted molar refractivity (Wildman–Crippen MR) is 97.1 cm³/mol. The van der Waals surface area contributed by atoms with Crippen LogP contribution in [-0.4, -0.2) is 70.8 Å². The van der Waals surface area contributed by atoms with Crippen LogP contribution < -0.4 is 0 Å². The fraction of sp³-hybridized carbons (Fsp3) is 0.900. The number of rotatable bonds is 2. The highest BCUT2D eigenvalue weighted by Crippen LogP contribution is 2.39. The van der Waals surface area contributed by atoms with E-state index in [2.05, 4.69) is 9.80 Å². The van der Waals surface area contributed by atoms with Crippen molar-refractivity contribution in [2.45, 2.75) is 82.8 Å². The second kappa shape index (κ2) is 7.26. The van der Waals surface area contributed by atoms with Crippen molar-refractivity contribution in [1.29, 1.82) is 0 Å². The summed E-state index contributed by atoms with van der Waals surface area (Å²) in [7, 11) is 0. The Bertz CT molecular complexity index is 507. The van der Waals surface area contributed by atoms with Crippen LogP contribution in [0.25, 0.3) is 0 Å². The first-order valence-electron chi connectivity index (χ1n) is 10.4. The summed E-state index contributed by atoms with van der Waals surface area (Å²) >= 11 is 0. The standard InChI is InChI=1S/C20H33N3O2/c1-15(24)21-10-6-17(7-11-21)22-12-8-18(9-13-22)23-19-5-3-2-4-16(19)14-20(23)25/h16-19H,2-14H2,1H3/t16-,19+/m1/s1. The molecule has 0 N–H and O–H groups in total. The molecule has 0 aromatic carbocycles. The van der Waals surface area contributed by atoms with E-state index in [1.54, 1.807) is 6.92 Å². The van der Waals surface area contributed by atoms with Gasteiger partial charge in [-0.3, -0.25) is 9.59 Å². The molecule has 2 atom stereocenters. The average Bonchev–Trinajstić information content (AvgIpc) is 2.97. The number of amides is 2. The van der Waals surface area contributed by atoms with E-state index in [-0.39, 0.29) is 5.91 Å². The van der Waals surface area contributed by atoms with Crippen LogP contribution in [0.3, 0.4) is 0 Å². The van der Waals surface area contributed by atoms with Gasteiger partial charge >= 0.3 is 0 Å². The highest BCUT2D eigenvalue weighted by molar-refractivity contribution is 5.79. The Kier molecular flexibility index (Phi) is 5.03. The number of carbonyl (C=O) groups is 2. The molecular formula is C20H33N3O2. The Labute approximate surface area is 151 Å². The maximum atomic E-state index is 12.6. The van der Waals surface area contributed by atoms with Crippen molar-refractivity contribution in [3.8, 4) is 0 Å². The fourth-order valence-corrected chi connectivity index (χ4v) is 5.86. The van der Waals surface area contributed by atoms with Crippen molar-refractivity contribution in [2.24, 2.45) is 5.92 Å². The molecule has 3 saturated heterocycles. The number of fused-ring (bicyclic) bond motifs is 1. The van der Waals surface area contributed by atoms with E-state index in [1.807, 2.05) is 4.90 Å². The molecule has 0 aromatic heterocycles. The molecule has 4 aliphatic rings. The van der Waals surface area contributed by atoms with Crippen molar-refractivity contribution < 1.29 is 9.59 Å². The molecule has 1 aliphatic carbocycles. The molecule has 3 heterocycles. The Balaban J connectivity index is 1.30. The molecule has 0 unspecified atom stereocenters. The Morgan fingerprint density at radius 3 is 2.20 bits per heavy atom. The van der Waals surface area contributed by atoms with E-state index < -0.39 is 0 Å². The lowest BCUT2D eigenvalue weighted by Gasteiger charge is -2.45. The fourth-order valence-electron chi connectivity index (χ4n) is 5.86. The first kappa shape index (κ1) is 17.3. The molecule has 4 fully saturated rings. The maximum Gasteiger partial charge on any atom is 0.223 e. The second-order valence-corrected chi connectivity index (χ2v) is 8.62. The van der Waals surface area contributed by atoms with Gasteiger partial charge in [0, 0.05) is 57.6 Å². The molecule has 5 heteroatoms. The quantitative estimate of drug-likeness (QED) is 0.770. The van der Waals surface area contributed by atoms with E-state index in [4.69, 9.17) is 0 Å². The molecule has 4 rings (SSSR count). The third-order valence-corrected chi connectivity index (χ3v) is 7.27. The minimum Gasteiger partial charge on any atom is -0.343 e. The largest absolute Gasteiger partial charge is 0.343 e. The first-order chi connectivity index (χ1) is 12.1. The zero-order chi connectivity index (χ0) is 17.4. The van der Waals surface area contributed by atoms with Crippen LogP contribution in [-0.2, 0) is 9.59 Å². The van der Waals surface area contributed by atoms with Crippen LogP contribution >= 0.6 is 0 Å². The molecule has 25 heavy (non-hydrogen) atoms. The van der Waals surface area contributed by atoms with Gasteiger partial charge < -0.3 is 14.7 Å². The summed E-state index contributed by atoms with van der Waals surface area (Å²) in [5.41, 5.74) is 0. The smallest absolute Gasteiger partial charge is 0.223 e. The van der Waals surface area contributed by atoms with E-state index in [0.29, 0.717) is 30.0 Å². The zero-order valence-corrected chi connectivity index (χ0v) is 15.7. The van der Waals surface area contributed by atoms with E-state index in [0.717, 1.165) is 58.3 Å². The minimum absolute atomic E-state index is 0.215. The molecular weight excluding hydrogens is 314 g/mol. The normalized spacial score (nSPS) is 32.9. The van der Waals surface area contributed by atoms with Crippen molar-refractivity contribution in [3.63, 3.8) is 0 Å².